The van der Waals surface area contributed by atoms with E-state index in [1.54, 1.807) is 0 Å². The van der Waals surface area contributed by atoms with E-state index in [0.717, 1.165) is 19.3 Å². The van der Waals surface area contributed by atoms with Gasteiger partial charge < -0.3 is 5.11 Å². The van der Waals surface area contributed by atoms with E-state index in [9.17, 15) is 9.59 Å². The third kappa shape index (κ3) is 7.74. The van der Waals surface area contributed by atoms with E-state index in [-0.39, 0.29) is 18.0 Å². The van der Waals surface area contributed by atoms with Crippen molar-refractivity contribution in [2.75, 3.05) is 5.75 Å². The van der Waals surface area contributed by atoms with E-state index in [4.69, 9.17) is 5.11 Å². The van der Waals surface area contributed by atoms with Gasteiger partial charge in [-0.25, -0.2) is 0 Å². The van der Waals surface area contributed by atoms with Gasteiger partial charge in [-0.3, -0.25) is 9.59 Å². The number of carbonyl (C=O) groups excluding carboxylic acids is 1. The Bertz CT molecular complexity index is 216. The molecule has 0 aliphatic rings. The van der Waals surface area contributed by atoms with Gasteiger partial charge >= 0.3 is 5.97 Å². The number of hydrogen-bond acceptors (Lipinski definition) is 3. The summed E-state index contributed by atoms with van der Waals surface area (Å²) in [5, 5.41) is 8.94. The van der Waals surface area contributed by atoms with Crippen LogP contribution in [-0.4, -0.2) is 22.6 Å². The lowest BCUT2D eigenvalue weighted by molar-refractivity contribution is -0.143. The van der Waals surface area contributed by atoms with Gasteiger partial charge in [-0.15, -0.1) is 0 Å². The molecule has 0 bridgehead atoms. The molecule has 0 rings (SSSR count). The molecule has 94 valence electrons. The molecule has 0 spiro atoms. The second kappa shape index (κ2) is 9.70. The average Bonchev–Trinajstić information content (AvgIpc) is 2.26. The first kappa shape index (κ1) is 15.5. The van der Waals surface area contributed by atoms with Gasteiger partial charge in [0, 0.05) is 12.2 Å². The summed E-state index contributed by atoms with van der Waals surface area (Å²) < 4.78 is 0. The molecule has 0 aliphatic carbocycles. The molecule has 1 atom stereocenters. The SMILES string of the molecule is CCCCCCC[C@H](CC(=O)CS)C(=O)O. The van der Waals surface area contributed by atoms with Crippen molar-refractivity contribution in [3.05, 3.63) is 0 Å². The molecule has 16 heavy (non-hydrogen) atoms. The minimum Gasteiger partial charge on any atom is -0.481 e. The normalized spacial score (nSPS) is 12.4. The Balaban J connectivity index is 3.77. The first-order valence-electron chi connectivity index (χ1n) is 5.97. The minimum atomic E-state index is -0.856. The Morgan fingerprint density at radius 2 is 1.81 bits per heavy atom. The van der Waals surface area contributed by atoms with Crippen LogP contribution < -0.4 is 0 Å². The van der Waals surface area contributed by atoms with Crippen LogP contribution in [0.3, 0.4) is 0 Å². The zero-order chi connectivity index (χ0) is 12.4. The number of carbonyl (C=O) groups is 2. The number of carboxylic acid groups (broad SMARTS) is 1. The number of ketones is 1. The second-order valence-electron chi connectivity index (χ2n) is 4.14. The quantitative estimate of drug-likeness (QED) is 0.460. The lowest BCUT2D eigenvalue weighted by Crippen LogP contribution is -2.18. The van der Waals surface area contributed by atoms with Gasteiger partial charge in [0.2, 0.25) is 0 Å². The number of hydrogen-bond donors (Lipinski definition) is 2. The highest BCUT2D eigenvalue weighted by Gasteiger charge is 2.19. The van der Waals surface area contributed by atoms with E-state index in [1.807, 2.05) is 0 Å². The van der Waals surface area contributed by atoms with E-state index < -0.39 is 11.9 Å². The molecule has 0 fully saturated rings. The Labute approximate surface area is 103 Å². The van der Waals surface area contributed by atoms with Gasteiger partial charge in [-0.1, -0.05) is 39.0 Å². The fourth-order valence-electron chi connectivity index (χ4n) is 1.65. The number of Topliss-reactive ketones (excluding diaryl/α,β-unsaturated/α-hetero) is 1. The lowest BCUT2D eigenvalue weighted by atomic mass is 9.96. The largest absolute Gasteiger partial charge is 0.481 e. The van der Waals surface area contributed by atoms with Crippen LogP contribution >= 0.6 is 12.6 Å². The van der Waals surface area contributed by atoms with E-state index in [2.05, 4.69) is 19.6 Å². The number of aliphatic carboxylic acids is 1. The summed E-state index contributed by atoms with van der Waals surface area (Å²) in [5.74, 6) is -1.31. The van der Waals surface area contributed by atoms with Crippen molar-refractivity contribution >= 4 is 24.4 Å². The Morgan fingerprint density at radius 3 is 2.31 bits per heavy atom. The highest BCUT2D eigenvalue weighted by molar-refractivity contribution is 7.81. The number of unbranched alkanes of at least 4 members (excludes halogenated alkanes) is 4. The summed E-state index contributed by atoms with van der Waals surface area (Å²) in [6, 6.07) is 0. The molecule has 0 radical (unpaired) electrons. The predicted molar refractivity (Wildman–Crippen MR) is 68.0 cm³/mol. The molecule has 0 aromatic rings. The van der Waals surface area contributed by atoms with Crippen molar-refractivity contribution < 1.29 is 14.7 Å². The molecular weight excluding hydrogens is 224 g/mol. The molecule has 3 nitrogen and oxygen atoms in total. The third-order valence-corrected chi connectivity index (χ3v) is 3.01. The highest BCUT2D eigenvalue weighted by atomic mass is 32.1. The summed E-state index contributed by atoms with van der Waals surface area (Å²) in [7, 11) is 0. The summed E-state index contributed by atoms with van der Waals surface area (Å²) in [6.45, 7) is 2.14. The van der Waals surface area contributed by atoms with Crippen molar-refractivity contribution in [1.29, 1.82) is 0 Å². The van der Waals surface area contributed by atoms with Gasteiger partial charge in [-0.05, 0) is 6.42 Å². The Morgan fingerprint density at radius 1 is 1.19 bits per heavy atom. The highest BCUT2D eigenvalue weighted by Crippen LogP contribution is 2.16. The average molecular weight is 246 g/mol. The monoisotopic (exact) mass is 246 g/mol. The van der Waals surface area contributed by atoms with Gasteiger partial charge in [0.05, 0.1) is 5.92 Å². The first-order valence-corrected chi connectivity index (χ1v) is 6.60. The number of thiol groups is 1. The van der Waals surface area contributed by atoms with E-state index >= 15 is 0 Å². The van der Waals surface area contributed by atoms with Crippen LogP contribution in [0, 0.1) is 5.92 Å². The zero-order valence-electron chi connectivity index (χ0n) is 9.95. The first-order chi connectivity index (χ1) is 7.61. The molecule has 0 aromatic carbocycles. The Hall–Kier alpha value is -0.510. The van der Waals surface area contributed by atoms with Gasteiger partial charge in [0.25, 0.3) is 0 Å². The van der Waals surface area contributed by atoms with Crippen molar-refractivity contribution in [3.8, 4) is 0 Å². The van der Waals surface area contributed by atoms with Gasteiger partial charge in [0.15, 0.2) is 0 Å². The van der Waals surface area contributed by atoms with Crippen LogP contribution in [0.15, 0.2) is 0 Å². The standard InChI is InChI=1S/C12H22O3S/c1-2-3-4-5-6-7-10(12(14)15)8-11(13)9-16/h10,16H,2-9H2,1H3,(H,14,15)/t10-/m1/s1. The fraction of sp³-hybridized carbons (Fsp3) is 0.833. The van der Waals surface area contributed by atoms with E-state index in [1.165, 1.54) is 12.8 Å². The van der Waals surface area contributed by atoms with Crippen LogP contribution in [0.5, 0.6) is 0 Å². The molecular formula is C12H22O3S. The summed E-state index contributed by atoms with van der Waals surface area (Å²) in [5.41, 5.74) is 0. The summed E-state index contributed by atoms with van der Waals surface area (Å²) in [6.07, 6.45) is 6.24. The number of carboxylic acids is 1. The van der Waals surface area contributed by atoms with Gasteiger partial charge in [-0.2, -0.15) is 12.6 Å². The molecule has 0 amide bonds. The van der Waals surface area contributed by atoms with Crippen LogP contribution in [0.2, 0.25) is 0 Å². The van der Waals surface area contributed by atoms with Crippen molar-refractivity contribution in [3.63, 3.8) is 0 Å². The molecule has 0 aliphatic heterocycles. The molecule has 4 heteroatoms. The maximum Gasteiger partial charge on any atom is 0.306 e. The number of rotatable bonds is 10. The summed E-state index contributed by atoms with van der Waals surface area (Å²) in [4.78, 5) is 22.0. The van der Waals surface area contributed by atoms with Crippen molar-refractivity contribution in [2.24, 2.45) is 5.92 Å². The molecule has 0 heterocycles. The smallest absolute Gasteiger partial charge is 0.306 e. The third-order valence-electron chi connectivity index (χ3n) is 2.66. The van der Waals surface area contributed by atoms with Crippen molar-refractivity contribution in [2.45, 2.75) is 51.9 Å². The fourth-order valence-corrected chi connectivity index (χ4v) is 1.78. The maximum atomic E-state index is 11.1. The second-order valence-corrected chi connectivity index (χ2v) is 4.46. The van der Waals surface area contributed by atoms with Crippen molar-refractivity contribution in [1.82, 2.24) is 0 Å². The molecule has 0 unspecified atom stereocenters. The van der Waals surface area contributed by atoms with Crippen LogP contribution in [0.25, 0.3) is 0 Å². The Kier molecular flexibility index (Phi) is 9.39. The minimum absolute atomic E-state index is 0.0794. The van der Waals surface area contributed by atoms with E-state index in [0.29, 0.717) is 6.42 Å². The van der Waals surface area contributed by atoms with Crippen LogP contribution in [-0.2, 0) is 9.59 Å². The topological polar surface area (TPSA) is 54.4 Å². The molecule has 0 aromatic heterocycles. The van der Waals surface area contributed by atoms with Crippen LogP contribution in [0.1, 0.15) is 51.9 Å². The summed E-state index contributed by atoms with van der Waals surface area (Å²) >= 11 is 3.85. The zero-order valence-corrected chi connectivity index (χ0v) is 10.8. The van der Waals surface area contributed by atoms with Gasteiger partial charge in [0.1, 0.15) is 5.78 Å². The lowest BCUT2D eigenvalue weighted by Gasteiger charge is -2.10. The predicted octanol–water partition coefficient (Wildman–Crippen LogP) is 2.94. The molecule has 0 saturated heterocycles. The van der Waals surface area contributed by atoms with Crippen LogP contribution in [0.4, 0.5) is 0 Å². The molecule has 0 saturated carbocycles. The maximum absolute atomic E-state index is 11.1. The molecule has 1 N–H and O–H groups in total.